The molecule has 0 atom stereocenters. The molecule has 3 nitrogen and oxygen atoms in total. The Morgan fingerprint density at radius 1 is 1.40 bits per heavy atom. The summed E-state index contributed by atoms with van der Waals surface area (Å²) in [6.07, 6.45) is 0.393. The maximum absolute atomic E-state index is 10.6. The monoisotopic (exact) mass is 226 g/mol. The molecule has 15 heavy (non-hydrogen) atoms. The second-order valence-electron chi connectivity index (χ2n) is 3.58. The first-order valence-electron chi connectivity index (χ1n) is 4.79. The Labute approximate surface area is 94.8 Å². The van der Waals surface area contributed by atoms with Crippen LogP contribution < -0.4 is 5.73 Å². The SMILES string of the molecule is CN(CCC(N)=O)Cc1ccc(Cl)cc1. The zero-order valence-electron chi connectivity index (χ0n) is 8.74. The smallest absolute Gasteiger partial charge is 0.218 e. The summed E-state index contributed by atoms with van der Waals surface area (Å²) >= 11 is 5.78. The molecule has 0 aliphatic heterocycles. The number of primary amides is 1. The van der Waals surface area contributed by atoms with Crippen molar-refractivity contribution in [1.82, 2.24) is 4.90 Å². The van der Waals surface area contributed by atoms with E-state index in [9.17, 15) is 4.79 Å². The second-order valence-corrected chi connectivity index (χ2v) is 4.02. The van der Waals surface area contributed by atoms with Gasteiger partial charge in [0.2, 0.25) is 5.91 Å². The molecule has 0 heterocycles. The van der Waals surface area contributed by atoms with Gasteiger partial charge in [0.1, 0.15) is 0 Å². The minimum atomic E-state index is -0.266. The van der Waals surface area contributed by atoms with Crippen LogP contribution in [0.2, 0.25) is 5.02 Å². The van der Waals surface area contributed by atoms with Crippen LogP contribution in [-0.2, 0) is 11.3 Å². The third-order valence-corrected chi connectivity index (χ3v) is 2.36. The molecule has 2 N–H and O–H groups in total. The van der Waals surface area contributed by atoms with Gasteiger partial charge in [0, 0.05) is 24.5 Å². The molecule has 82 valence electrons. The molecule has 1 aromatic carbocycles. The molecule has 1 rings (SSSR count). The summed E-state index contributed by atoms with van der Waals surface area (Å²) in [6, 6.07) is 7.67. The average Bonchev–Trinajstić information content (AvgIpc) is 2.19. The number of benzene rings is 1. The fourth-order valence-corrected chi connectivity index (χ4v) is 1.41. The molecule has 0 saturated heterocycles. The largest absolute Gasteiger partial charge is 0.370 e. The Hall–Kier alpha value is -1.06. The van der Waals surface area contributed by atoms with Gasteiger partial charge in [-0.05, 0) is 24.7 Å². The van der Waals surface area contributed by atoms with Gasteiger partial charge in [-0.2, -0.15) is 0 Å². The Balaban J connectivity index is 2.40. The summed E-state index contributed by atoms with van der Waals surface area (Å²) in [5.41, 5.74) is 6.24. The predicted molar refractivity (Wildman–Crippen MR) is 61.6 cm³/mol. The van der Waals surface area contributed by atoms with Gasteiger partial charge >= 0.3 is 0 Å². The molecular formula is C11H15ClN2O. The van der Waals surface area contributed by atoms with Gasteiger partial charge in [0.05, 0.1) is 0 Å². The van der Waals surface area contributed by atoms with Gasteiger partial charge in [0.25, 0.3) is 0 Å². The van der Waals surface area contributed by atoms with Crippen molar-refractivity contribution in [2.75, 3.05) is 13.6 Å². The van der Waals surface area contributed by atoms with Crippen LogP contribution in [0.1, 0.15) is 12.0 Å². The van der Waals surface area contributed by atoms with E-state index in [-0.39, 0.29) is 5.91 Å². The van der Waals surface area contributed by atoms with Crippen LogP contribution in [0.25, 0.3) is 0 Å². The fraction of sp³-hybridized carbons (Fsp3) is 0.364. The van der Waals surface area contributed by atoms with E-state index in [4.69, 9.17) is 17.3 Å². The summed E-state index contributed by atoms with van der Waals surface area (Å²) in [4.78, 5) is 12.6. The highest BCUT2D eigenvalue weighted by molar-refractivity contribution is 6.30. The lowest BCUT2D eigenvalue weighted by Crippen LogP contribution is -2.24. The lowest BCUT2D eigenvalue weighted by molar-refractivity contribution is -0.118. The van der Waals surface area contributed by atoms with E-state index in [1.165, 1.54) is 5.56 Å². The number of amides is 1. The first-order chi connectivity index (χ1) is 7.08. The van der Waals surface area contributed by atoms with Gasteiger partial charge < -0.3 is 10.6 Å². The van der Waals surface area contributed by atoms with Crippen molar-refractivity contribution in [3.8, 4) is 0 Å². The lowest BCUT2D eigenvalue weighted by Gasteiger charge is -2.15. The Morgan fingerprint density at radius 3 is 2.53 bits per heavy atom. The van der Waals surface area contributed by atoms with Crippen molar-refractivity contribution in [2.24, 2.45) is 5.73 Å². The topological polar surface area (TPSA) is 46.3 Å². The molecule has 1 aromatic rings. The third kappa shape index (κ3) is 4.81. The minimum absolute atomic E-state index is 0.266. The van der Waals surface area contributed by atoms with Crippen LogP contribution in [0.15, 0.2) is 24.3 Å². The highest BCUT2D eigenvalue weighted by Crippen LogP contribution is 2.10. The number of hydrogen-bond acceptors (Lipinski definition) is 2. The highest BCUT2D eigenvalue weighted by Gasteiger charge is 2.02. The molecule has 0 bridgehead atoms. The number of carbonyl (C=O) groups is 1. The van der Waals surface area contributed by atoms with Crippen LogP contribution in [0, 0.1) is 0 Å². The Morgan fingerprint density at radius 2 is 2.00 bits per heavy atom. The van der Waals surface area contributed by atoms with E-state index in [2.05, 4.69) is 0 Å². The van der Waals surface area contributed by atoms with E-state index in [1.54, 1.807) is 0 Å². The summed E-state index contributed by atoms with van der Waals surface area (Å²) in [6.45, 7) is 1.47. The van der Waals surface area contributed by atoms with E-state index in [0.717, 1.165) is 11.6 Å². The van der Waals surface area contributed by atoms with Crippen LogP contribution >= 0.6 is 11.6 Å². The fourth-order valence-electron chi connectivity index (χ4n) is 1.28. The third-order valence-electron chi connectivity index (χ3n) is 2.11. The standard InChI is InChI=1S/C11H15ClN2O/c1-14(7-6-11(13)15)8-9-2-4-10(12)5-3-9/h2-5H,6-8H2,1H3,(H2,13,15). The zero-order chi connectivity index (χ0) is 11.3. The Kier molecular flexibility index (Phi) is 4.59. The van der Waals surface area contributed by atoms with Crippen molar-refractivity contribution in [2.45, 2.75) is 13.0 Å². The van der Waals surface area contributed by atoms with Gasteiger partial charge in [-0.1, -0.05) is 23.7 Å². The molecule has 0 unspecified atom stereocenters. The predicted octanol–water partition coefficient (Wildman–Crippen LogP) is 1.65. The van der Waals surface area contributed by atoms with Crippen molar-refractivity contribution in [3.05, 3.63) is 34.9 Å². The van der Waals surface area contributed by atoms with Crippen LogP contribution in [0.3, 0.4) is 0 Å². The van der Waals surface area contributed by atoms with Gasteiger partial charge in [-0.25, -0.2) is 0 Å². The van der Waals surface area contributed by atoms with Gasteiger partial charge in [-0.3, -0.25) is 4.79 Å². The Bertz CT molecular complexity index is 324. The number of nitrogens with two attached hydrogens (primary N) is 1. The van der Waals surface area contributed by atoms with Gasteiger partial charge in [-0.15, -0.1) is 0 Å². The summed E-state index contributed by atoms with van der Waals surface area (Å²) in [7, 11) is 1.96. The first-order valence-corrected chi connectivity index (χ1v) is 5.17. The zero-order valence-corrected chi connectivity index (χ0v) is 9.50. The van der Waals surface area contributed by atoms with Crippen LogP contribution in [-0.4, -0.2) is 24.4 Å². The number of carbonyl (C=O) groups excluding carboxylic acids is 1. The van der Waals surface area contributed by atoms with Gasteiger partial charge in [0.15, 0.2) is 0 Å². The minimum Gasteiger partial charge on any atom is -0.370 e. The molecular weight excluding hydrogens is 212 g/mol. The second kappa shape index (κ2) is 5.73. The number of halogens is 1. The van der Waals surface area contributed by atoms with Crippen LogP contribution in [0.4, 0.5) is 0 Å². The van der Waals surface area contributed by atoms with E-state index in [0.29, 0.717) is 13.0 Å². The van der Waals surface area contributed by atoms with E-state index < -0.39 is 0 Å². The number of nitrogens with zero attached hydrogens (tertiary/aromatic N) is 1. The number of rotatable bonds is 5. The molecule has 0 spiro atoms. The highest BCUT2D eigenvalue weighted by atomic mass is 35.5. The molecule has 0 radical (unpaired) electrons. The molecule has 0 fully saturated rings. The van der Waals surface area contributed by atoms with Crippen LogP contribution in [0.5, 0.6) is 0 Å². The van der Waals surface area contributed by atoms with Crippen molar-refractivity contribution in [3.63, 3.8) is 0 Å². The molecule has 0 aromatic heterocycles. The number of hydrogen-bond donors (Lipinski definition) is 1. The maximum Gasteiger partial charge on any atom is 0.218 e. The summed E-state index contributed by atoms with van der Waals surface area (Å²) in [5, 5.41) is 0.735. The summed E-state index contributed by atoms with van der Waals surface area (Å²) in [5.74, 6) is -0.266. The quantitative estimate of drug-likeness (QED) is 0.830. The van der Waals surface area contributed by atoms with Crippen molar-refractivity contribution >= 4 is 17.5 Å². The molecule has 0 saturated carbocycles. The molecule has 4 heteroatoms. The maximum atomic E-state index is 10.6. The molecule has 1 amide bonds. The van der Waals surface area contributed by atoms with E-state index >= 15 is 0 Å². The lowest BCUT2D eigenvalue weighted by atomic mass is 10.2. The molecule has 0 aliphatic carbocycles. The van der Waals surface area contributed by atoms with Crippen molar-refractivity contribution < 1.29 is 4.79 Å². The normalized spacial score (nSPS) is 10.6. The average molecular weight is 227 g/mol. The molecule has 0 aliphatic rings. The summed E-state index contributed by atoms with van der Waals surface area (Å²) < 4.78 is 0. The van der Waals surface area contributed by atoms with E-state index in [1.807, 2.05) is 36.2 Å². The first kappa shape index (κ1) is 12.0. The van der Waals surface area contributed by atoms with Crippen molar-refractivity contribution in [1.29, 1.82) is 0 Å².